The van der Waals surface area contributed by atoms with Crippen LogP contribution in [0.2, 0.25) is 0 Å². The lowest BCUT2D eigenvalue weighted by atomic mass is 10.2. The van der Waals surface area contributed by atoms with E-state index in [2.05, 4.69) is 116 Å². The van der Waals surface area contributed by atoms with Crippen molar-refractivity contribution in [1.82, 2.24) is 0 Å². The summed E-state index contributed by atoms with van der Waals surface area (Å²) in [6.45, 7) is 2.42. The number of nitrogens with two attached hydrogens (primary N) is 1. The van der Waals surface area contributed by atoms with Crippen molar-refractivity contribution in [2.45, 2.75) is 129 Å². The number of phosphoric acid groups is 1. The van der Waals surface area contributed by atoms with E-state index in [1.54, 1.807) is 0 Å². The highest BCUT2D eigenvalue weighted by molar-refractivity contribution is 7.47. The van der Waals surface area contributed by atoms with Crippen molar-refractivity contribution in [2.75, 3.05) is 19.8 Å². The number of unbranched alkanes of at least 4 members (excludes halogenated alkanes) is 2. The maximum atomic E-state index is 12.6. The highest BCUT2D eigenvalue weighted by atomic mass is 31.2. The SMILES string of the molecule is CC/C=C/C/C=C/C/C=C/C/C=C/C/C=C/CCCC(=O)OC[C@H](COP(=O)(O)OC[C@H](N)C(=O)O)OC(=O)CCC/C=C/C/C=C/C/C=C/C/C=C/C/C=C/CC. The van der Waals surface area contributed by atoms with Crippen LogP contribution >= 0.6 is 7.82 Å². The number of phosphoric ester groups is 1. The molecule has 0 aromatic heterocycles. The number of esters is 2. The molecule has 3 atom stereocenters. The Morgan fingerprint density at radius 3 is 1.26 bits per heavy atom. The summed E-state index contributed by atoms with van der Waals surface area (Å²) >= 11 is 0. The number of allylic oxidation sites excluding steroid dienone is 20. The molecule has 324 valence electrons. The molecular weight excluding hydrogens is 757 g/mol. The van der Waals surface area contributed by atoms with Gasteiger partial charge in [-0.2, -0.15) is 0 Å². The lowest BCUT2D eigenvalue weighted by molar-refractivity contribution is -0.161. The van der Waals surface area contributed by atoms with Gasteiger partial charge in [0.2, 0.25) is 0 Å². The number of carbonyl (C=O) groups is 3. The van der Waals surface area contributed by atoms with E-state index in [0.29, 0.717) is 25.7 Å². The molecule has 4 N–H and O–H groups in total. The fraction of sp³-hybridized carbons (Fsp3) is 0.500. The van der Waals surface area contributed by atoms with Crippen molar-refractivity contribution in [3.63, 3.8) is 0 Å². The topological polar surface area (TPSA) is 172 Å². The van der Waals surface area contributed by atoms with Gasteiger partial charge in [-0.3, -0.25) is 23.4 Å². The summed E-state index contributed by atoms with van der Waals surface area (Å²) in [4.78, 5) is 45.9. The van der Waals surface area contributed by atoms with Crippen molar-refractivity contribution < 1.29 is 47.5 Å². The van der Waals surface area contributed by atoms with Crippen molar-refractivity contribution >= 4 is 25.7 Å². The average molecular weight is 828 g/mol. The van der Waals surface area contributed by atoms with E-state index in [-0.39, 0.29) is 12.8 Å². The minimum Gasteiger partial charge on any atom is -0.480 e. The normalized spacial score (nSPS) is 15.0. The van der Waals surface area contributed by atoms with Crippen LogP contribution in [-0.4, -0.2) is 59.9 Å². The molecule has 0 aliphatic heterocycles. The molecule has 11 nitrogen and oxygen atoms in total. The second kappa shape index (κ2) is 39.7. The number of carboxylic acids is 1. The summed E-state index contributed by atoms with van der Waals surface area (Å²) in [5, 5.41) is 8.88. The predicted octanol–water partition coefficient (Wildman–Crippen LogP) is 10.8. The van der Waals surface area contributed by atoms with Gasteiger partial charge >= 0.3 is 25.7 Å². The van der Waals surface area contributed by atoms with Gasteiger partial charge in [-0.15, -0.1) is 0 Å². The molecule has 0 fully saturated rings. The third-order valence-electron chi connectivity index (χ3n) is 7.71. The lowest BCUT2D eigenvalue weighted by Crippen LogP contribution is -2.34. The van der Waals surface area contributed by atoms with E-state index >= 15 is 0 Å². The van der Waals surface area contributed by atoms with Crippen LogP contribution in [0.4, 0.5) is 0 Å². The molecule has 12 heteroatoms. The minimum atomic E-state index is -4.75. The molecule has 0 aromatic carbocycles. The van der Waals surface area contributed by atoms with Gasteiger partial charge in [-0.05, 0) is 89.9 Å². The average Bonchev–Trinajstić information content (AvgIpc) is 3.20. The van der Waals surface area contributed by atoms with E-state index in [1.165, 1.54) is 0 Å². The summed E-state index contributed by atoms with van der Waals surface area (Å²) in [6.07, 6.45) is 52.8. The van der Waals surface area contributed by atoms with Crippen molar-refractivity contribution in [3.05, 3.63) is 122 Å². The molecular formula is C46H70NO10P. The standard InChI is InChI=1S/C46H70NO10P/c1-3-5-7-9-11-13-15-17-19-21-23-25-27-29-31-33-35-37-44(48)54-39-42(40-55-58(52,53)56-41-43(47)46(50)51)57-45(49)38-36-34-32-30-28-26-24-22-20-18-16-14-12-10-8-6-4-2/h5-8,11-14,17-20,23-26,29-32,42-43H,3-4,9-10,15-16,21-22,27-28,33-41,47H2,1-2H3,(H,50,51)(H,52,53)/b7-5+,8-6+,13-11+,14-12+,19-17+,20-18+,25-23+,26-24+,31-29+,32-30+/t42-,43+/m1/s1. The van der Waals surface area contributed by atoms with Gasteiger partial charge in [0.15, 0.2) is 6.10 Å². The molecule has 0 amide bonds. The smallest absolute Gasteiger partial charge is 0.472 e. The summed E-state index contributed by atoms with van der Waals surface area (Å²) in [5.41, 5.74) is 5.32. The van der Waals surface area contributed by atoms with Gasteiger partial charge < -0.3 is 25.2 Å². The first kappa shape index (κ1) is 53.9. The maximum Gasteiger partial charge on any atom is 0.472 e. The number of ether oxygens (including phenoxy) is 2. The largest absolute Gasteiger partial charge is 0.480 e. The Labute approximate surface area is 348 Å². The van der Waals surface area contributed by atoms with E-state index in [1.807, 2.05) is 24.3 Å². The molecule has 0 bridgehead atoms. The summed E-state index contributed by atoms with van der Waals surface area (Å²) in [6, 6.07) is -1.55. The van der Waals surface area contributed by atoms with Crippen LogP contribution in [0, 0.1) is 0 Å². The third-order valence-corrected chi connectivity index (χ3v) is 8.66. The Balaban J connectivity index is 4.62. The number of hydrogen-bond donors (Lipinski definition) is 3. The van der Waals surface area contributed by atoms with E-state index in [9.17, 15) is 23.8 Å². The fourth-order valence-electron chi connectivity index (χ4n) is 4.55. The number of carboxylic acid groups (broad SMARTS) is 1. The van der Waals surface area contributed by atoms with E-state index in [0.717, 1.165) is 64.2 Å². The molecule has 0 aliphatic carbocycles. The predicted molar refractivity (Wildman–Crippen MR) is 235 cm³/mol. The van der Waals surface area contributed by atoms with Gasteiger partial charge in [0.1, 0.15) is 12.6 Å². The Morgan fingerprint density at radius 1 is 0.534 bits per heavy atom. The van der Waals surface area contributed by atoms with Crippen LogP contribution in [0.25, 0.3) is 0 Å². The maximum absolute atomic E-state index is 12.6. The molecule has 0 heterocycles. The lowest BCUT2D eigenvalue weighted by Gasteiger charge is -2.20. The van der Waals surface area contributed by atoms with Gasteiger partial charge in [-0.25, -0.2) is 4.57 Å². The number of hydrogen-bond acceptors (Lipinski definition) is 9. The van der Waals surface area contributed by atoms with Gasteiger partial charge in [-0.1, -0.05) is 135 Å². The molecule has 0 aromatic rings. The van der Waals surface area contributed by atoms with Crippen LogP contribution in [0.5, 0.6) is 0 Å². The second-order valence-corrected chi connectivity index (χ2v) is 14.5. The van der Waals surface area contributed by atoms with Crippen molar-refractivity contribution in [3.8, 4) is 0 Å². The Morgan fingerprint density at radius 2 is 0.879 bits per heavy atom. The molecule has 0 aliphatic rings. The zero-order chi connectivity index (χ0) is 42.8. The minimum absolute atomic E-state index is 0.0623. The van der Waals surface area contributed by atoms with Gasteiger partial charge in [0.05, 0.1) is 13.2 Å². The zero-order valence-corrected chi connectivity index (χ0v) is 35.7. The number of aliphatic carboxylic acids is 1. The van der Waals surface area contributed by atoms with Crippen LogP contribution in [0.15, 0.2) is 122 Å². The molecule has 0 saturated heterocycles. The molecule has 0 spiro atoms. The second-order valence-electron chi connectivity index (χ2n) is 13.0. The number of carbonyl (C=O) groups excluding carboxylic acids is 2. The fourth-order valence-corrected chi connectivity index (χ4v) is 5.32. The summed E-state index contributed by atoms with van der Waals surface area (Å²) in [5.74, 6) is -2.55. The van der Waals surface area contributed by atoms with Gasteiger partial charge in [0, 0.05) is 12.8 Å². The van der Waals surface area contributed by atoms with Crippen LogP contribution in [-0.2, 0) is 37.5 Å². The summed E-state index contributed by atoms with van der Waals surface area (Å²) in [7, 11) is -4.75. The summed E-state index contributed by atoms with van der Waals surface area (Å²) < 4.78 is 32.5. The molecule has 0 radical (unpaired) electrons. The molecule has 0 rings (SSSR count). The monoisotopic (exact) mass is 827 g/mol. The Hall–Kier alpha value is -4.12. The zero-order valence-electron chi connectivity index (χ0n) is 34.8. The van der Waals surface area contributed by atoms with Crippen LogP contribution in [0.3, 0.4) is 0 Å². The third kappa shape index (κ3) is 38.7. The first-order valence-electron chi connectivity index (χ1n) is 20.6. The quantitative estimate of drug-likeness (QED) is 0.0237. The first-order chi connectivity index (χ1) is 28.1. The molecule has 1 unspecified atom stereocenters. The first-order valence-corrected chi connectivity index (χ1v) is 22.1. The Bertz CT molecular complexity index is 1440. The van der Waals surface area contributed by atoms with Crippen molar-refractivity contribution in [2.24, 2.45) is 5.73 Å². The highest BCUT2D eigenvalue weighted by Gasteiger charge is 2.28. The van der Waals surface area contributed by atoms with E-state index in [4.69, 9.17) is 24.8 Å². The Kier molecular flexibility index (Phi) is 36.9. The van der Waals surface area contributed by atoms with Gasteiger partial charge in [0.25, 0.3) is 0 Å². The van der Waals surface area contributed by atoms with E-state index < -0.39 is 57.7 Å². The molecule has 0 saturated carbocycles. The number of rotatable bonds is 36. The highest BCUT2D eigenvalue weighted by Crippen LogP contribution is 2.43. The van der Waals surface area contributed by atoms with Crippen molar-refractivity contribution in [1.29, 1.82) is 0 Å². The van der Waals surface area contributed by atoms with Crippen LogP contribution in [0.1, 0.15) is 117 Å². The molecule has 58 heavy (non-hydrogen) atoms. The van der Waals surface area contributed by atoms with Crippen LogP contribution < -0.4 is 5.73 Å².